The molecule has 1 atom stereocenters. The lowest BCUT2D eigenvalue weighted by atomic mass is 10.2. The predicted octanol–water partition coefficient (Wildman–Crippen LogP) is 0.698. The molecule has 0 aromatic rings. The van der Waals surface area contributed by atoms with Crippen molar-refractivity contribution in [2.75, 3.05) is 45.9 Å². The third kappa shape index (κ3) is 4.32. The number of likely N-dealkylation sites (tertiary alicyclic amines) is 1. The normalized spacial score (nSPS) is 25.0. The van der Waals surface area contributed by atoms with E-state index in [1.165, 1.54) is 19.4 Å². The van der Waals surface area contributed by atoms with Gasteiger partial charge in [0.15, 0.2) is 0 Å². The van der Waals surface area contributed by atoms with Gasteiger partial charge in [0, 0.05) is 45.4 Å². The van der Waals surface area contributed by atoms with Gasteiger partial charge in [-0.2, -0.15) is 5.26 Å². The molecule has 1 unspecified atom stereocenters. The van der Waals surface area contributed by atoms with Crippen LogP contribution in [0.3, 0.4) is 0 Å². The Kier molecular flexibility index (Phi) is 6.27. The van der Waals surface area contributed by atoms with Crippen molar-refractivity contribution in [2.24, 2.45) is 4.99 Å². The van der Waals surface area contributed by atoms with Gasteiger partial charge in [0.1, 0.15) is 0 Å². The Morgan fingerprint density at radius 2 is 1.90 bits per heavy atom. The highest BCUT2D eigenvalue weighted by Crippen LogP contribution is 2.17. The summed E-state index contributed by atoms with van der Waals surface area (Å²) in [7, 11) is 0. The minimum absolute atomic E-state index is 0.184. The summed E-state index contributed by atoms with van der Waals surface area (Å²) in [6, 6.07) is 0.719. The second kappa shape index (κ2) is 8.20. The van der Waals surface area contributed by atoms with Crippen LogP contribution in [0.1, 0.15) is 32.6 Å². The third-order valence-corrected chi connectivity index (χ3v) is 4.51. The molecule has 118 valence electrons. The molecule has 6 heteroatoms. The second-order valence-corrected chi connectivity index (χ2v) is 5.94. The summed E-state index contributed by atoms with van der Waals surface area (Å²) in [5.74, 6) is 0.792. The van der Waals surface area contributed by atoms with Crippen molar-refractivity contribution in [3.8, 4) is 6.19 Å². The van der Waals surface area contributed by atoms with Crippen LogP contribution in [0.2, 0.25) is 0 Å². The molecule has 2 fully saturated rings. The van der Waals surface area contributed by atoms with E-state index in [1.807, 2.05) is 6.19 Å². The molecule has 0 radical (unpaired) electrons. The average molecular weight is 293 g/mol. The maximum atomic E-state index is 8.95. The lowest BCUT2D eigenvalue weighted by molar-refractivity contribution is 0.255. The summed E-state index contributed by atoms with van der Waals surface area (Å²) < 4.78 is 0. The third-order valence-electron chi connectivity index (χ3n) is 4.51. The molecule has 0 bridgehead atoms. The SMILES string of the molecule is CC1CCCN1CCCN1CCN(CCCO)C1=NC#N. The Morgan fingerprint density at radius 3 is 2.48 bits per heavy atom. The molecular weight excluding hydrogens is 266 g/mol. The first kappa shape index (κ1) is 16.1. The molecule has 0 aromatic carbocycles. The molecule has 0 saturated carbocycles. The highest BCUT2D eigenvalue weighted by molar-refractivity contribution is 5.82. The van der Waals surface area contributed by atoms with Crippen LogP contribution in [0.4, 0.5) is 0 Å². The summed E-state index contributed by atoms with van der Waals surface area (Å²) in [5, 5.41) is 17.8. The maximum Gasteiger partial charge on any atom is 0.212 e. The van der Waals surface area contributed by atoms with Crippen LogP contribution in [0.5, 0.6) is 0 Å². The highest BCUT2D eigenvalue weighted by Gasteiger charge is 2.26. The maximum absolute atomic E-state index is 8.95. The molecule has 6 nitrogen and oxygen atoms in total. The second-order valence-electron chi connectivity index (χ2n) is 5.94. The van der Waals surface area contributed by atoms with E-state index >= 15 is 0 Å². The number of nitriles is 1. The van der Waals surface area contributed by atoms with E-state index in [-0.39, 0.29) is 6.61 Å². The zero-order chi connectivity index (χ0) is 15.1. The highest BCUT2D eigenvalue weighted by atomic mass is 16.3. The van der Waals surface area contributed by atoms with Crippen LogP contribution < -0.4 is 0 Å². The Hall–Kier alpha value is -1.32. The Bertz CT molecular complexity index is 392. The van der Waals surface area contributed by atoms with Gasteiger partial charge in [0.25, 0.3) is 0 Å². The van der Waals surface area contributed by atoms with Crippen molar-refractivity contribution >= 4 is 5.96 Å². The van der Waals surface area contributed by atoms with Gasteiger partial charge >= 0.3 is 0 Å². The van der Waals surface area contributed by atoms with Crippen LogP contribution in [0.25, 0.3) is 0 Å². The molecule has 0 spiro atoms. The zero-order valence-electron chi connectivity index (χ0n) is 13.0. The van der Waals surface area contributed by atoms with Crippen LogP contribution in [-0.2, 0) is 0 Å². The summed E-state index contributed by atoms with van der Waals surface area (Å²) in [4.78, 5) is 10.9. The number of guanidine groups is 1. The fourth-order valence-corrected chi connectivity index (χ4v) is 3.30. The quantitative estimate of drug-likeness (QED) is 0.700. The Balaban J connectivity index is 1.79. The number of hydrogen-bond donors (Lipinski definition) is 1. The number of aliphatic imine (C=N–C) groups is 1. The summed E-state index contributed by atoms with van der Waals surface area (Å²) in [6.07, 6.45) is 6.40. The number of aliphatic hydroxyl groups is 1. The number of nitrogens with zero attached hydrogens (tertiary/aromatic N) is 5. The first-order valence-corrected chi connectivity index (χ1v) is 8.08. The molecule has 2 heterocycles. The first-order valence-electron chi connectivity index (χ1n) is 8.08. The molecule has 1 N–H and O–H groups in total. The van der Waals surface area contributed by atoms with Gasteiger partial charge in [-0.1, -0.05) is 0 Å². The number of rotatable bonds is 7. The van der Waals surface area contributed by atoms with E-state index in [2.05, 4.69) is 26.6 Å². The van der Waals surface area contributed by atoms with Gasteiger partial charge in [0.05, 0.1) is 0 Å². The standard InChI is InChI=1S/C15H27N5O/c1-14-5-2-6-18(14)7-3-8-19-10-11-20(9-4-12-21)15(19)17-13-16/h14,21H,2-12H2,1H3. The van der Waals surface area contributed by atoms with Gasteiger partial charge in [-0.05, 0) is 39.2 Å². The van der Waals surface area contributed by atoms with Gasteiger partial charge in [-0.25, -0.2) is 0 Å². The van der Waals surface area contributed by atoms with Crippen molar-refractivity contribution in [3.05, 3.63) is 0 Å². The van der Waals surface area contributed by atoms with E-state index < -0.39 is 0 Å². The average Bonchev–Trinajstić information content (AvgIpc) is 3.05. The van der Waals surface area contributed by atoms with Crippen molar-refractivity contribution in [3.63, 3.8) is 0 Å². The molecule has 0 amide bonds. The van der Waals surface area contributed by atoms with E-state index in [4.69, 9.17) is 10.4 Å². The summed E-state index contributed by atoms with van der Waals surface area (Å²) >= 11 is 0. The predicted molar refractivity (Wildman–Crippen MR) is 82.8 cm³/mol. The Morgan fingerprint density at radius 1 is 1.19 bits per heavy atom. The van der Waals surface area contributed by atoms with Gasteiger partial charge in [-0.3, -0.25) is 0 Å². The molecule has 0 aliphatic carbocycles. The fourth-order valence-electron chi connectivity index (χ4n) is 3.30. The number of aliphatic hydroxyl groups excluding tert-OH is 1. The fraction of sp³-hybridized carbons (Fsp3) is 0.867. The minimum atomic E-state index is 0.184. The van der Waals surface area contributed by atoms with Crippen molar-refractivity contribution in [2.45, 2.75) is 38.6 Å². The van der Waals surface area contributed by atoms with E-state index in [1.54, 1.807) is 0 Å². The van der Waals surface area contributed by atoms with Gasteiger partial charge < -0.3 is 19.8 Å². The van der Waals surface area contributed by atoms with E-state index in [0.29, 0.717) is 0 Å². The van der Waals surface area contributed by atoms with E-state index in [9.17, 15) is 0 Å². The molecule has 21 heavy (non-hydrogen) atoms. The molecule has 2 aliphatic heterocycles. The van der Waals surface area contributed by atoms with Crippen LogP contribution in [0.15, 0.2) is 4.99 Å². The number of hydrogen-bond acceptors (Lipinski definition) is 4. The van der Waals surface area contributed by atoms with Crippen molar-refractivity contribution in [1.29, 1.82) is 5.26 Å². The van der Waals surface area contributed by atoms with Crippen LogP contribution in [-0.4, -0.2) is 77.7 Å². The molecule has 2 saturated heterocycles. The van der Waals surface area contributed by atoms with Gasteiger partial charge in [-0.15, -0.1) is 4.99 Å². The lowest BCUT2D eigenvalue weighted by Gasteiger charge is -2.24. The Labute approximate surface area is 127 Å². The first-order chi connectivity index (χ1) is 10.3. The van der Waals surface area contributed by atoms with Crippen molar-refractivity contribution in [1.82, 2.24) is 14.7 Å². The van der Waals surface area contributed by atoms with Gasteiger partial charge in [0.2, 0.25) is 12.2 Å². The monoisotopic (exact) mass is 293 g/mol. The molecule has 2 aliphatic rings. The lowest BCUT2D eigenvalue weighted by Crippen LogP contribution is -2.36. The minimum Gasteiger partial charge on any atom is -0.396 e. The largest absolute Gasteiger partial charge is 0.396 e. The topological polar surface area (TPSA) is 66.1 Å². The van der Waals surface area contributed by atoms with Crippen LogP contribution in [0, 0.1) is 11.5 Å². The van der Waals surface area contributed by atoms with Crippen LogP contribution >= 0.6 is 0 Å². The van der Waals surface area contributed by atoms with Crippen molar-refractivity contribution < 1.29 is 5.11 Å². The summed E-state index contributed by atoms with van der Waals surface area (Å²) in [6.45, 7) is 8.42. The molecular formula is C15H27N5O. The zero-order valence-corrected chi connectivity index (χ0v) is 13.0. The van der Waals surface area contributed by atoms with E-state index in [0.717, 1.165) is 57.6 Å². The molecule has 2 rings (SSSR count). The summed E-state index contributed by atoms with van der Waals surface area (Å²) in [5.41, 5.74) is 0. The smallest absolute Gasteiger partial charge is 0.212 e. The molecule has 0 aromatic heterocycles.